The molecule has 1 fully saturated rings. The summed E-state index contributed by atoms with van der Waals surface area (Å²) in [5, 5.41) is 0.724. The van der Waals surface area contributed by atoms with Gasteiger partial charge >= 0.3 is 0 Å². The van der Waals surface area contributed by atoms with Gasteiger partial charge in [-0.05, 0) is 37.3 Å². The van der Waals surface area contributed by atoms with Gasteiger partial charge in [-0.3, -0.25) is 4.79 Å². The maximum atomic E-state index is 11.9. The minimum Gasteiger partial charge on any atom is -0.310 e. The summed E-state index contributed by atoms with van der Waals surface area (Å²) in [4.78, 5) is 19.3. The molecule has 0 unspecified atom stereocenters. The predicted octanol–water partition coefficient (Wildman–Crippen LogP) is 2.18. The van der Waals surface area contributed by atoms with Crippen LogP contribution in [0.2, 0.25) is 0 Å². The Kier molecular flexibility index (Phi) is 2.06. The number of H-pyrrole nitrogens is 1. The van der Waals surface area contributed by atoms with E-state index >= 15 is 0 Å². The molecule has 1 N–H and O–H groups in total. The lowest BCUT2D eigenvalue weighted by Crippen LogP contribution is -2.13. The van der Waals surface area contributed by atoms with Crippen LogP contribution in [0.25, 0.3) is 10.9 Å². The third-order valence-corrected chi connectivity index (χ3v) is 3.17. The molecule has 0 amide bonds. The van der Waals surface area contributed by atoms with Crippen molar-refractivity contribution < 1.29 is 0 Å². The molecular weight excluding hydrogens is 200 g/mol. The van der Waals surface area contributed by atoms with Gasteiger partial charge in [0.2, 0.25) is 0 Å². The van der Waals surface area contributed by atoms with Crippen molar-refractivity contribution >= 4 is 10.9 Å². The highest BCUT2D eigenvalue weighted by molar-refractivity contribution is 5.80. The molecule has 0 atom stereocenters. The van der Waals surface area contributed by atoms with Gasteiger partial charge in [0, 0.05) is 6.42 Å². The number of rotatable bonds is 2. The van der Waals surface area contributed by atoms with E-state index in [1.165, 1.54) is 12.8 Å². The molecule has 3 nitrogen and oxygen atoms in total. The van der Waals surface area contributed by atoms with Crippen molar-refractivity contribution in [2.45, 2.75) is 26.2 Å². The van der Waals surface area contributed by atoms with E-state index in [1.807, 2.05) is 25.1 Å². The minimum absolute atomic E-state index is 0.00116. The summed E-state index contributed by atoms with van der Waals surface area (Å²) in [6, 6.07) is 5.80. The van der Waals surface area contributed by atoms with Crippen molar-refractivity contribution in [2.24, 2.45) is 5.92 Å². The first-order valence-electron chi connectivity index (χ1n) is 5.72. The van der Waals surface area contributed by atoms with Crippen molar-refractivity contribution in [3.63, 3.8) is 0 Å². The van der Waals surface area contributed by atoms with E-state index in [0.717, 1.165) is 34.6 Å². The number of hydrogen-bond donors (Lipinski definition) is 1. The van der Waals surface area contributed by atoms with Gasteiger partial charge in [-0.2, -0.15) is 0 Å². The molecule has 0 spiro atoms. The molecule has 0 aliphatic heterocycles. The fourth-order valence-electron chi connectivity index (χ4n) is 2.10. The number of nitrogens with one attached hydrogen (secondary N) is 1. The van der Waals surface area contributed by atoms with E-state index in [9.17, 15) is 4.79 Å². The van der Waals surface area contributed by atoms with Gasteiger partial charge in [-0.15, -0.1) is 0 Å². The zero-order valence-electron chi connectivity index (χ0n) is 9.29. The van der Waals surface area contributed by atoms with Crippen molar-refractivity contribution in [1.82, 2.24) is 9.97 Å². The normalized spacial score (nSPS) is 15.6. The maximum absolute atomic E-state index is 11.9. The van der Waals surface area contributed by atoms with Crippen LogP contribution in [0.5, 0.6) is 0 Å². The third kappa shape index (κ3) is 1.62. The number of fused-ring (bicyclic) bond motifs is 1. The Morgan fingerprint density at radius 1 is 1.44 bits per heavy atom. The van der Waals surface area contributed by atoms with Crippen LogP contribution in [-0.2, 0) is 6.42 Å². The van der Waals surface area contributed by atoms with Crippen molar-refractivity contribution in [3.05, 3.63) is 39.9 Å². The summed E-state index contributed by atoms with van der Waals surface area (Å²) in [6.07, 6.45) is 3.46. The average molecular weight is 214 g/mol. The van der Waals surface area contributed by atoms with Crippen LogP contribution < -0.4 is 5.56 Å². The Labute approximate surface area is 93.5 Å². The van der Waals surface area contributed by atoms with Crippen LogP contribution >= 0.6 is 0 Å². The lowest BCUT2D eigenvalue weighted by molar-refractivity contribution is 0.771. The van der Waals surface area contributed by atoms with Gasteiger partial charge in [0.1, 0.15) is 5.82 Å². The molecule has 16 heavy (non-hydrogen) atoms. The van der Waals surface area contributed by atoms with E-state index in [-0.39, 0.29) is 5.56 Å². The smallest absolute Gasteiger partial charge is 0.259 e. The standard InChI is InChI=1S/C13H14N2O/c1-8-3-2-4-10-12(8)13(16)15-11(14-10)7-9-5-6-9/h2-4,9H,5-7H2,1H3,(H,14,15,16). The van der Waals surface area contributed by atoms with E-state index in [0.29, 0.717) is 0 Å². The number of aryl methyl sites for hydroxylation is 1. The van der Waals surface area contributed by atoms with Crippen LogP contribution in [0, 0.1) is 12.8 Å². The quantitative estimate of drug-likeness (QED) is 0.832. The summed E-state index contributed by atoms with van der Waals surface area (Å²) in [5.41, 5.74) is 1.81. The average Bonchev–Trinajstić information content (AvgIpc) is 3.01. The van der Waals surface area contributed by atoms with Gasteiger partial charge in [0.05, 0.1) is 10.9 Å². The number of benzene rings is 1. The van der Waals surface area contributed by atoms with Crippen LogP contribution in [0.1, 0.15) is 24.2 Å². The number of aromatic amines is 1. The zero-order valence-corrected chi connectivity index (χ0v) is 9.29. The highest BCUT2D eigenvalue weighted by atomic mass is 16.1. The molecule has 3 rings (SSSR count). The number of hydrogen-bond acceptors (Lipinski definition) is 2. The molecule has 0 bridgehead atoms. The Hall–Kier alpha value is -1.64. The molecule has 1 aromatic carbocycles. The summed E-state index contributed by atoms with van der Waals surface area (Å²) in [5.74, 6) is 1.58. The van der Waals surface area contributed by atoms with E-state index in [2.05, 4.69) is 9.97 Å². The molecule has 0 saturated heterocycles. The first-order valence-corrected chi connectivity index (χ1v) is 5.72. The molecule has 0 radical (unpaired) electrons. The molecule has 1 aromatic heterocycles. The zero-order chi connectivity index (χ0) is 11.1. The van der Waals surface area contributed by atoms with E-state index < -0.39 is 0 Å². The lowest BCUT2D eigenvalue weighted by atomic mass is 10.1. The monoisotopic (exact) mass is 214 g/mol. The van der Waals surface area contributed by atoms with Gasteiger partial charge in [-0.1, -0.05) is 12.1 Å². The molecule has 1 aliphatic rings. The lowest BCUT2D eigenvalue weighted by Gasteiger charge is -2.03. The van der Waals surface area contributed by atoms with E-state index in [4.69, 9.17) is 0 Å². The van der Waals surface area contributed by atoms with Crippen molar-refractivity contribution in [2.75, 3.05) is 0 Å². The van der Waals surface area contributed by atoms with Gasteiger partial charge in [0.25, 0.3) is 5.56 Å². The predicted molar refractivity (Wildman–Crippen MR) is 63.5 cm³/mol. The van der Waals surface area contributed by atoms with Gasteiger partial charge in [0.15, 0.2) is 0 Å². The fourth-order valence-corrected chi connectivity index (χ4v) is 2.10. The first-order chi connectivity index (χ1) is 7.74. The number of aromatic nitrogens is 2. The molecular formula is C13H14N2O. The minimum atomic E-state index is -0.00116. The van der Waals surface area contributed by atoms with Crippen LogP contribution in [0.15, 0.2) is 23.0 Å². The summed E-state index contributed by atoms with van der Waals surface area (Å²) in [6.45, 7) is 1.94. The van der Waals surface area contributed by atoms with Gasteiger partial charge in [-0.25, -0.2) is 4.98 Å². The molecule has 1 heterocycles. The number of nitrogens with zero attached hydrogens (tertiary/aromatic N) is 1. The van der Waals surface area contributed by atoms with Crippen LogP contribution in [0.4, 0.5) is 0 Å². The molecule has 1 saturated carbocycles. The second kappa shape index (κ2) is 3.44. The maximum Gasteiger partial charge on any atom is 0.259 e. The molecule has 3 heteroatoms. The largest absolute Gasteiger partial charge is 0.310 e. The second-order valence-electron chi connectivity index (χ2n) is 4.63. The van der Waals surface area contributed by atoms with Crippen molar-refractivity contribution in [1.29, 1.82) is 0 Å². The summed E-state index contributed by atoms with van der Waals surface area (Å²) < 4.78 is 0. The van der Waals surface area contributed by atoms with Crippen LogP contribution in [0.3, 0.4) is 0 Å². The van der Waals surface area contributed by atoms with E-state index in [1.54, 1.807) is 0 Å². The Bertz CT molecular complexity index is 596. The Morgan fingerprint density at radius 2 is 2.25 bits per heavy atom. The Morgan fingerprint density at radius 3 is 3.00 bits per heavy atom. The summed E-state index contributed by atoms with van der Waals surface area (Å²) >= 11 is 0. The second-order valence-corrected chi connectivity index (χ2v) is 4.63. The van der Waals surface area contributed by atoms with Crippen molar-refractivity contribution in [3.8, 4) is 0 Å². The topological polar surface area (TPSA) is 45.8 Å². The van der Waals surface area contributed by atoms with Gasteiger partial charge < -0.3 is 4.98 Å². The summed E-state index contributed by atoms with van der Waals surface area (Å²) in [7, 11) is 0. The first kappa shape index (κ1) is 9.58. The molecule has 2 aromatic rings. The third-order valence-electron chi connectivity index (χ3n) is 3.17. The molecule has 82 valence electrons. The Balaban J connectivity index is 2.17. The molecule has 1 aliphatic carbocycles. The SMILES string of the molecule is Cc1cccc2nc(CC3CC3)[nH]c(=O)c12. The highest BCUT2D eigenvalue weighted by Gasteiger charge is 2.22. The fraction of sp³-hybridized carbons (Fsp3) is 0.385. The highest BCUT2D eigenvalue weighted by Crippen LogP contribution is 2.31. The van der Waals surface area contributed by atoms with Crippen LogP contribution in [-0.4, -0.2) is 9.97 Å².